The number of halogens is 3. The first-order chi connectivity index (χ1) is 4.50. The molecule has 1 unspecified atom stereocenters. The monoisotopic (exact) mass is 151 g/mol. The van der Waals surface area contributed by atoms with Gasteiger partial charge in [0.1, 0.15) is 6.04 Å². The average Bonchev–Trinajstić information content (AvgIpc) is 2.11. The highest BCUT2D eigenvalue weighted by molar-refractivity contribution is 4.97. The summed E-state index contributed by atoms with van der Waals surface area (Å²) < 4.78 is 35.3. The van der Waals surface area contributed by atoms with Gasteiger partial charge < -0.3 is 5.01 Å². The Hall–Kier alpha value is -0.710. The van der Waals surface area contributed by atoms with Crippen LogP contribution in [0.1, 0.15) is 0 Å². The number of nitrogens with zero attached hydrogens (tertiary/aromatic N) is 1. The summed E-state index contributed by atoms with van der Waals surface area (Å²) >= 11 is 0. The molecule has 1 atom stereocenters. The van der Waals surface area contributed by atoms with Crippen LogP contribution in [0.2, 0.25) is 0 Å². The number of alkyl halides is 3. The molecule has 0 aromatic heterocycles. The fraction of sp³-hybridized carbons (Fsp3) is 0.600. The normalized spacial score (nSPS) is 26.0. The van der Waals surface area contributed by atoms with Crippen LogP contribution in [0.15, 0.2) is 6.08 Å². The summed E-state index contributed by atoms with van der Waals surface area (Å²) in [6.45, 7) is 0. The molecular weight excluding hydrogens is 145 g/mol. The highest BCUT2D eigenvalue weighted by atomic mass is 19.4. The highest BCUT2D eigenvalue weighted by Crippen LogP contribution is 2.22. The maximum absolute atomic E-state index is 11.8. The standard InChI is InChI=1S/C5H6F3N2/c1-10-3-2-4(9-10)5(6,7)8/h2,4,9H,1H3. The maximum atomic E-state index is 11.8. The van der Waals surface area contributed by atoms with Crippen LogP contribution in [0.25, 0.3) is 0 Å². The van der Waals surface area contributed by atoms with E-state index in [0.29, 0.717) is 0 Å². The summed E-state index contributed by atoms with van der Waals surface area (Å²) in [6, 6.07) is -1.57. The minimum absolute atomic E-state index is 0.944. The summed E-state index contributed by atoms with van der Waals surface area (Å²) in [5, 5.41) is 1.15. The fourth-order valence-corrected chi connectivity index (χ4v) is 0.637. The molecule has 0 bridgehead atoms. The first kappa shape index (κ1) is 7.40. The molecule has 0 aliphatic carbocycles. The molecule has 0 saturated carbocycles. The topological polar surface area (TPSA) is 15.3 Å². The lowest BCUT2D eigenvalue weighted by Gasteiger charge is -2.16. The molecule has 1 N–H and O–H groups in total. The molecule has 0 aromatic rings. The van der Waals surface area contributed by atoms with E-state index in [9.17, 15) is 13.2 Å². The van der Waals surface area contributed by atoms with Gasteiger partial charge in [-0.2, -0.15) is 13.2 Å². The van der Waals surface area contributed by atoms with Crippen molar-refractivity contribution in [2.24, 2.45) is 0 Å². The predicted molar refractivity (Wildman–Crippen MR) is 28.6 cm³/mol. The van der Waals surface area contributed by atoms with Crippen LogP contribution in [-0.2, 0) is 0 Å². The minimum atomic E-state index is -4.21. The van der Waals surface area contributed by atoms with Crippen molar-refractivity contribution >= 4 is 0 Å². The number of hydrazine groups is 1. The molecule has 0 saturated heterocycles. The zero-order valence-electron chi connectivity index (χ0n) is 5.24. The van der Waals surface area contributed by atoms with Crippen molar-refractivity contribution in [3.63, 3.8) is 0 Å². The minimum Gasteiger partial charge on any atom is -0.309 e. The predicted octanol–water partition coefficient (Wildman–Crippen LogP) is 0.684. The highest BCUT2D eigenvalue weighted by Gasteiger charge is 2.40. The third-order valence-corrected chi connectivity index (χ3v) is 1.12. The van der Waals surface area contributed by atoms with Gasteiger partial charge in [0.2, 0.25) is 0 Å². The van der Waals surface area contributed by atoms with Crippen molar-refractivity contribution in [3.05, 3.63) is 12.3 Å². The van der Waals surface area contributed by atoms with E-state index in [4.69, 9.17) is 0 Å². The van der Waals surface area contributed by atoms with Crippen molar-refractivity contribution in [1.29, 1.82) is 0 Å². The molecule has 2 nitrogen and oxygen atoms in total. The smallest absolute Gasteiger partial charge is 0.309 e. The van der Waals surface area contributed by atoms with Crippen molar-refractivity contribution < 1.29 is 13.2 Å². The van der Waals surface area contributed by atoms with E-state index in [-0.39, 0.29) is 0 Å². The van der Waals surface area contributed by atoms with E-state index in [1.54, 1.807) is 0 Å². The average molecular weight is 151 g/mol. The molecule has 10 heavy (non-hydrogen) atoms. The van der Waals surface area contributed by atoms with Gasteiger partial charge in [0, 0.05) is 7.05 Å². The zero-order valence-corrected chi connectivity index (χ0v) is 5.24. The van der Waals surface area contributed by atoms with E-state index in [2.05, 4.69) is 11.6 Å². The Morgan fingerprint density at radius 1 is 1.60 bits per heavy atom. The molecule has 1 heterocycles. The lowest BCUT2D eigenvalue weighted by Crippen LogP contribution is -2.42. The SMILES string of the molecule is CN1[C]=CC(C(F)(F)F)N1. The first-order valence-electron chi connectivity index (χ1n) is 2.66. The Morgan fingerprint density at radius 3 is 2.40 bits per heavy atom. The van der Waals surface area contributed by atoms with Crippen LogP contribution in [-0.4, -0.2) is 24.3 Å². The van der Waals surface area contributed by atoms with Crippen molar-refractivity contribution in [1.82, 2.24) is 10.4 Å². The Balaban J connectivity index is 2.55. The summed E-state index contributed by atoms with van der Waals surface area (Å²) in [4.78, 5) is 0. The van der Waals surface area contributed by atoms with Gasteiger partial charge in [-0.3, -0.25) is 0 Å². The molecule has 0 amide bonds. The van der Waals surface area contributed by atoms with Crippen molar-refractivity contribution in [3.8, 4) is 0 Å². The first-order valence-corrected chi connectivity index (χ1v) is 2.66. The van der Waals surface area contributed by atoms with Crippen LogP contribution in [0.3, 0.4) is 0 Å². The number of rotatable bonds is 0. The van der Waals surface area contributed by atoms with Crippen LogP contribution in [0, 0.1) is 6.20 Å². The quantitative estimate of drug-likeness (QED) is 0.547. The third kappa shape index (κ3) is 1.41. The van der Waals surface area contributed by atoms with Crippen molar-refractivity contribution in [2.45, 2.75) is 12.2 Å². The second-order valence-electron chi connectivity index (χ2n) is 2.00. The van der Waals surface area contributed by atoms with E-state index in [1.807, 2.05) is 0 Å². The number of hydrogen-bond donors (Lipinski definition) is 1. The van der Waals surface area contributed by atoms with Gasteiger partial charge in [0.05, 0.1) is 6.20 Å². The molecule has 1 rings (SSSR count). The van der Waals surface area contributed by atoms with Gasteiger partial charge in [0.25, 0.3) is 0 Å². The second-order valence-corrected chi connectivity index (χ2v) is 2.00. The van der Waals surface area contributed by atoms with Crippen LogP contribution >= 0.6 is 0 Å². The van der Waals surface area contributed by atoms with Gasteiger partial charge in [0.15, 0.2) is 0 Å². The van der Waals surface area contributed by atoms with Crippen LogP contribution < -0.4 is 5.43 Å². The summed E-state index contributed by atoms with van der Waals surface area (Å²) in [6.07, 6.45) is -0.913. The van der Waals surface area contributed by atoms with E-state index in [1.165, 1.54) is 7.05 Å². The van der Waals surface area contributed by atoms with Gasteiger partial charge in [-0.1, -0.05) is 0 Å². The number of nitrogens with one attached hydrogen (secondary N) is 1. The number of hydrogen-bond acceptors (Lipinski definition) is 2. The van der Waals surface area contributed by atoms with Crippen LogP contribution in [0.5, 0.6) is 0 Å². The summed E-state index contributed by atoms with van der Waals surface area (Å²) in [5.41, 5.74) is 2.14. The lowest BCUT2D eigenvalue weighted by atomic mass is 10.3. The molecule has 1 aliphatic heterocycles. The zero-order chi connectivity index (χ0) is 7.78. The van der Waals surface area contributed by atoms with Crippen LogP contribution in [0.4, 0.5) is 13.2 Å². The van der Waals surface area contributed by atoms with E-state index < -0.39 is 12.2 Å². The fourth-order valence-electron chi connectivity index (χ4n) is 0.637. The Bertz CT molecular complexity index is 151. The van der Waals surface area contributed by atoms with Gasteiger partial charge >= 0.3 is 6.18 Å². The summed E-state index contributed by atoms with van der Waals surface area (Å²) in [5.74, 6) is 0. The van der Waals surface area contributed by atoms with Gasteiger partial charge in [-0.25, -0.2) is 5.43 Å². The maximum Gasteiger partial charge on any atom is 0.409 e. The molecule has 1 radical (unpaired) electrons. The molecule has 57 valence electrons. The molecule has 1 aliphatic rings. The third-order valence-electron chi connectivity index (χ3n) is 1.12. The molecule has 5 heteroatoms. The molecule has 0 aromatic carbocycles. The van der Waals surface area contributed by atoms with Gasteiger partial charge in [-0.05, 0) is 6.08 Å². The van der Waals surface area contributed by atoms with E-state index >= 15 is 0 Å². The Kier molecular flexibility index (Phi) is 1.60. The molecule has 0 fully saturated rings. The molecule has 0 spiro atoms. The Labute approximate surface area is 56.3 Å². The Morgan fingerprint density at radius 2 is 2.20 bits per heavy atom. The van der Waals surface area contributed by atoms with Gasteiger partial charge in [-0.15, -0.1) is 0 Å². The largest absolute Gasteiger partial charge is 0.409 e. The van der Waals surface area contributed by atoms with E-state index in [0.717, 1.165) is 11.1 Å². The molecular formula is C5H6F3N2. The lowest BCUT2D eigenvalue weighted by molar-refractivity contribution is -0.148. The summed E-state index contributed by atoms with van der Waals surface area (Å²) in [7, 11) is 1.46. The van der Waals surface area contributed by atoms with Crippen molar-refractivity contribution in [2.75, 3.05) is 7.05 Å². The second kappa shape index (κ2) is 2.16.